The van der Waals surface area contributed by atoms with Gasteiger partial charge in [-0.15, -0.1) is 0 Å². The van der Waals surface area contributed by atoms with E-state index < -0.39 is 0 Å². The first kappa shape index (κ1) is 12.7. The average molecular weight is 257 g/mol. The lowest BCUT2D eigenvalue weighted by atomic mass is 10.00. The molecule has 0 spiro atoms. The van der Waals surface area contributed by atoms with Crippen molar-refractivity contribution in [2.24, 2.45) is 5.92 Å². The first-order valence-electron chi connectivity index (χ1n) is 6.02. The summed E-state index contributed by atoms with van der Waals surface area (Å²) in [6, 6.07) is 5.46. The minimum absolute atomic E-state index is 0.185. The van der Waals surface area contributed by atoms with Gasteiger partial charge in [0, 0.05) is 31.4 Å². The zero-order chi connectivity index (χ0) is 12.4. The van der Waals surface area contributed by atoms with Gasteiger partial charge in [-0.3, -0.25) is 0 Å². The van der Waals surface area contributed by atoms with Gasteiger partial charge in [0.25, 0.3) is 0 Å². The van der Waals surface area contributed by atoms with E-state index in [0.29, 0.717) is 12.0 Å². The standard InChI is InChI=1S/C13H18ClFN2/c1-9(2)13-8-16-5-6-17(13)10-3-4-11(14)12(15)7-10/h3-4,7,9,13,16H,5-6,8H2,1-2H3. The Morgan fingerprint density at radius 3 is 2.88 bits per heavy atom. The molecule has 0 amide bonds. The second-order valence-corrected chi connectivity index (χ2v) is 5.21. The zero-order valence-corrected chi connectivity index (χ0v) is 11.0. The molecule has 17 heavy (non-hydrogen) atoms. The number of benzene rings is 1. The van der Waals surface area contributed by atoms with Crippen LogP contribution >= 0.6 is 11.6 Å². The molecule has 4 heteroatoms. The van der Waals surface area contributed by atoms with E-state index in [4.69, 9.17) is 11.6 Å². The molecule has 1 aliphatic heterocycles. The summed E-state index contributed by atoms with van der Waals surface area (Å²) in [4.78, 5) is 2.26. The van der Waals surface area contributed by atoms with Gasteiger partial charge in [0.1, 0.15) is 5.82 Å². The second-order valence-electron chi connectivity index (χ2n) is 4.81. The Hall–Kier alpha value is -0.800. The van der Waals surface area contributed by atoms with E-state index >= 15 is 0 Å². The SMILES string of the molecule is CC(C)C1CNCCN1c1ccc(Cl)c(F)c1. The van der Waals surface area contributed by atoms with Gasteiger partial charge in [0.05, 0.1) is 5.02 Å². The van der Waals surface area contributed by atoms with E-state index in [0.717, 1.165) is 25.3 Å². The Bertz CT molecular complexity index is 395. The molecule has 0 radical (unpaired) electrons. The van der Waals surface area contributed by atoms with Crippen LogP contribution in [0.1, 0.15) is 13.8 Å². The van der Waals surface area contributed by atoms with Crippen molar-refractivity contribution in [3.8, 4) is 0 Å². The van der Waals surface area contributed by atoms with E-state index in [2.05, 4.69) is 24.1 Å². The molecule has 1 atom stereocenters. The van der Waals surface area contributed by atoms with Crippen molar-refractivity contribution in [2.75, 3.05) is 24.5 Å². The van der Waals surface area contributed by atoms with Gasteiger partial charge in [0.2, 0.25) is 0 Å². The number of anilines is 1. The van der Waals surface area contributed by atoms with Crippen LogP contribution in [0.15, 0.2) is 18.2 Å². The van der Waals surface area contributed by atoms with Crippen molar-refractivity contribution in [3.05, 3.63) is 29.0 Å². The highest BCUT2D eigenvalue weighted by Crippen LogP contribution is 2.26. The van der Waals surface area contributed by atoms with E-state index in [9.17, 15) is 4.39 Å². The Kier molecular flexibility index (Phi) is 3.89. The topological polar surface area (TPSA) is 15.3 Å². The summed E-state index contributed by atoms with van der Waals surface area (Å²) in [5.41, 5.74) is 0.923. The Labute approximate surface area is 107 Å². The third-order valence-corrected chi connectivity index (χ3v) is 3.59. The molecule has 1 unspecified atom stereocenters. The lowest BCUT2D eigenvalue weighted by Crippen LogP contribution is -2.53. The minimum Gasteiger partial charge on any atom is -0.366 e. The lowest BCUT2D eigenvalue weighted by Gasteiger charge is -2.40. The summed E-state index contributed by atoms with van der Waals surface area (Å²) in [7, 11) is 0. The average Bonchev–Trinajstić information content (AvgIpc) is 2.32. The van der Waals surface area contributed by atoms with Crippen LogP contribution in [0.3, 0.4) is 0 Å². The van der Waals surface area contributed by atoms with Crippen LogP contribution in [0.2, 0.25) is 5.02 Å². The molecule has 0 aromatic heterocycles. The molecular formula is C13H18ClFN2. The highest BCUT2D eigenvalue weighted by molar-refractivity contribution is 6.30. The van der Waals surface area contributed by atoms with Crippen LogP contribution in [0.25, 0.3) is 0 Å². The highest BCUT2D eigenvalue weighted by atomic mass is 35.5. The number of hydrogen-bond donors (Lipinski definition) is 1. The van der Waals surface area contributed by atoms with Crippen molar-refractivity contribution >= 4 is 17.3 Å². The Morgan fingerprint density at radius 2 is 2.24 bits per heavy atom. The summed E-state index contributed by atoms with van der Waals surface area (Å²) in [5.74, 6) is 0.187. The van der Waals surface area contributed by atoms with Crippen molar-refractivity contribution in [2.45, 2.75) is 19.9 Å². The van der Waals surface area contributed by atoms with E-state index in [1.165, 1.54) is 6.07 Å². The van der Waals surface area contributed by atoms with Crippen LogP contribution in [0.5, 0.6) is 0 Å². The van der Waals surface area contributed by atoms with Crippen molar-refractivity contribution in [1.82, 2.24) is 5.32 Å². The fourth-order valence-electron chi connectivity index (χ4n) is 2.31. The maximum absolute atomic E-state index is 13.5. The first-order valence-corrected chi connectivity index (χ1v) is 6.40. The number of hydrogen-bond acceptors (Lipinski definition) is 2. The van der Waals surface area contributed by atoms with Crippen LogP contribution in [-0.2, 0) is 0 Å². The van der Waals surface area contributed by atoms with Crippen LogP contribution in [0, 0.1) is 11.7 Å². The number of nitrogens with one attached hydrogen (secondary N) is 1. The molecule has 0 aliphatic carbocycles. The normalized spacial score (nSPS) is 21.0. The van der Waals surface area contributed by atoms with Gasteiger partial charge in [0.15, 0.2) is 0 Å². The van der Waals surface area contributed by atoms with Crippen LogP contribution < -0.4 is 10.2 Å². The zero-order valence-electron chi connectivity index (χ0n) is 10.2. The molecule has 1 aromatic rings. The Morgan fingerprint density at radius 1 is 1.47 bits per heavy atom. The summed E-state index contributed by atoms with van der Waals surface area (Å²) in [5, 5.41) is 3.57. The second kappa shape index (κ2) is 5.23. The third kappa shape index (κ3) is 2.72. The molecule has 1 N–H and O–H groups in total. The highest BCUT2D eigenvalue weighted by Gasteiger charge is 2.25. The van der Waals surface area contributed by atoms with Gasteiger partial charge in [-0.25, -0.2) is 4.39 Å². The van der Waals surface area contributed by atoms with Gasteiger partial charge >= 0.3 is 0 Å². The third-order valence-electron chi connectivity index (χ3n) is 3.29. The summed E-state index contributed by atoms with van der Waals surface area (Å²) >= 11 is 5.71. The summed E-state index contributed by atoms with van der Waals surface area (Å²) < 4.78 is 13.5. The monoisotopic (exact) mass is 256 g/mol. The molecule has 1 fully saturated rings. The fourth-order valence-corrected chi connectivity index (χ4v) is 2.42. The van der Waals surface area contributed by atoms with E-state index in [-0.39, 0.29) is 10.8 Å². The lowest BCUT2D eigenvalue weighted by molar-refractivity contribution is 0.390. The van der Waals surface area contributed by atoms with Gasteiger partial charge in [-0.1, -0.05) is 25.4 Å². The number of piperazine rings is 1. The Balaban J connectivity index is 2.26. The first-order chi connectivity index (χ1) is 8.09. The van der Waals surface area contributed by atoms with E-state index in [1.54, 1.807) is 6.07 Å². The molecular weight excluding hydrogens is 239 g/mol. The molecule has 2 nitrogen and oxygen atoms in total. The van der Waals surface area contributed by atoms with E-state index in [1.807, 2.05) is 6.07 Å². The minimum atomic E-state index is -0.342. The van der Waals surface area contributed by atoms with Crippen molar-refractivity contribution in [1.29, 1.82) is 0 Å². The summed E-state index contributed by atoms with van der Waals surface area (Å²) in [6.07, 6.45) is 0. The van der Waals surface area contributed by atoms with Crippen LogP contribution in [-0.4, -0.2) is 25.7 Å². The number of halogens is 2. The predicted octanol–water partition coefficient (Wildman–Crippen LogP) is 2.91. The molecule has 94 valence electrons. The van der Waals surface area contributed by atoms with Gasteiger partial charge in [-0.2, -0.15) is 0 Å². The molecule has 2 rings (SSSR count). The predicted molar refractivity (Wildman–Crippen MR) is 70.3 cm³/mol. The molecule has 0 saturated carbocycles. The molecule has 1 aliphatic rings. The fraction of sp³-hybridized carbons (Fsp3) is 0.538. The largest absolute Gasteiger partial charge is 0.366 e. The maximum Gasteiger partial charge on any atom is 0.143 e. The van der Waals surface area contributed by atoms with Gasteiger partial charge < -0.3 is 10.2 Å². The van der Waals surface area contributed by atoms with Crippen LogP contribution in [0.4, 0.5) is 10.1 Å². The summed E-state index contributed by atoms with van der Waals surface area (Å²) in [6.45, 7) is 7.17. The number of rotatable bonds is 2. The van der Waals surface area contributed by atoms with Crippen molar-refractivity contribution < 1.29 is 4.39 Å². The van der Waals surface area contributed by atoms with Crippen molar-refractivity contribution in [3.63, 3.8) is 0 Å². The van der Waals surface area contributed by atoms with Gasteiger partial charge in [-0.05, 0) is 24.1 Å². The molecule has 1 heterocycles. The smallest absolute Gasteiger partial charge is 0.143 e. The quantitative estimate of drug-likeness (QED) is 0.875. The maximum atomic E-state index is 13.5. The molecule has 1 aromatic carbocycles. The molecule has 0 bridgehead atoms. The number of nitrogens with zero attached hydrogens (tertiary/aromatic N) is 1. The molecule has 1 saturated heterocycles.